The molecule has 1 aromatic rings. The molecule has 3 aliphatic rings. The van der Waals surface area contributed by atoms with Crippen LogP contribution in [0.25, 0.3) is 0 Å². The molecule has 0 spiro atoms. The molecule has 3 fully saturated rings. The van der Waals surface area contributed by atoms with Crippen molar-refractivity contribution < 1.29 is 9.59 Å². The van der Waals surface area contributed by atoms with E-state index >= 15 is 0 Å². The Hall–Kier alpha value is -1.88. The quantitative estimate of drug-likeness (QED) is 0.717. The second-order valence-electron chi connectivity index (χ2n) is 11.1. The van der Waals surface area contributed by atoms with E-state index in [-0.39, 0.29) is 34.5 Å². The lowest BCUT2D eigenvalue weighted by atomic mass is 10.0. The molecule has 2 amide bonds. The van der Waals surface area contributed by atoms with Gasteiger partial charge < -0.3 is 15.5 Å². The van der Waals surface area contributed by atoms with Crippen LogP contribution < -0.4 is 10.6 Å². The topological polar surface area (TPSA) is 61.4 Å². The maximum atomic E-state index is 12.3. The molecule has 2 saturated carbocycles. The first-order chi connectivity index (χ1) is 14.1. The molecular weight excluding hydrogens is 374 g/mol. The van der Waals surface area contributed by atoms with Gasteiger partial charge in [0.05, 0.1) is 0 Å². The monoisotopic (exact) mass is 411 g/mol. The van der Waals surface area contributed by atoms with Gasteiger partial charge in [-0.15, -0.1) is 0 Å². The van der Waals surface area contributed by atoms with Gasteiger partial charge in [-0.05, 0) is 60.6 Å². The number of hydrogen-bond acceptors (Lipinski definition) is 3. The van der Waals surface area contributed by atoms with Gasteiger partial charge in [-0.25, -0.2) is 0 Å². The molecule has 4 rings (SSSR count). The highest BCUT2D eigenvalue weighted by atomic mass is 16.2. The number of hydrogen-bond donors (Lipinski definition) is 2. The second-order valence-corrected chi connectivity index (χ2v) is 11.1. The lowest BCUT2D eigenvalue weighted by Crippen LogP contribution is -2.45. The Balaban J connectivity index is 1.15. The van der Waals surface area contributed by atoms with E-state index in [1.807, 2.05) is 12.1 Å². The number of rotatable bonds is 7. The van der Waals surface area contributed by atoms with Gasteiger partial charge in [-0.1, -0.05) is 39.8 Å². The Morgan fingerprint density at radius 3 is 2.00 bits per heavy atom. The highest BCUT2D eigenvalue weighted by Crippen LogP contribution is 2.52. The van der Waals surface area contributed by atoms with E-state index in [1.54, 1.807) is 0 Å². The van der Waals surface area contributed by atoms with Crippen molar-refractivity contribution in [2.45, 2.75) is 65.8 Å². The molecule has 5 heteroatoms. The third-order valence-corrected chi connectivity index (χ3v) is 7.53. The maximum absolute atomic E-state index is 12.3. The Labute approximate surface area is 181 Å². The minimum Gasteiger partial charge on any atom is -0.353 e. The third kappa shape index (κ3) is 5.05. The van der Waals surface area contributed by atoms with Crippen LogP contribution in [0.15, 0.2) is 24.3 Å². The number of benzene rings is 1. The molecule has 1 heterocycles. The number of piperidine rings is 1. The number of amides is 2. The molecule has 1 aromatic carbocycles. The number of likely N-dealkylation sites (tertiary alicyclic amines) is 1. The van der Waals surface area contributed by atoms with Crippen LogP contribution in [-0.2, 0) is 16.0 Å². The van der Waals surface area contributed by atoms with E-state index in [2.05, 4.69) is 55.4 Å². The van der Waals surface area contributed by atoms with Crippen LogP contribution in [0.5, 0.6) is 0 Å². The molecule has 2 N–H and O–H groups in total. The molecule has 0 radical (unpaired) electrons. The van der Waals surface area contributed by atoms with Crippen molar-refractivity contribution in [2.75, 3.05) is 25.0 Å². The summed E-state index contributed by atoms with van der Waals surface area (Å²) in [6.07, 6.45) is 5.11. The lowest BCUT2D eigenvalue weighted by Gasteiger charge is -2.32. The van der Waals surface area contributed by atoms with Gasteiger partial charge in [0, 0.05) is 43.2 Å². The smallest absolute Gasteiger partial charge is 0.228 e. The molecule has 2 aliphatic carbocycles. The van der Waals surface area contributed by atoms with Gasteiger partial charge in [0.1, 0.15) is 0 Å². The first-order valence-electron chi connectivity index (χ1n) is 11.6. The van der Waals surface area contributed by atoms with Gasteiger partial charge >= 0.3 is 0 Å². The van der Waals surface area contributed by atoms with E-state index in [4.69, 9.17) is 0 Å². The Morgan fingerprint density at radius 1 is 0.933 bits per heavy atom. The minimum absolute atomic E-state index is 0.146. The van der Waals surface area contributed by atoms with Gasteiger partial charge in [0.2, 0.25) is 11.8 Å². The standard InChI is InChI=1S/C25H37N3O2/c1-24(2)15-20(24)22(29)26-18-7-5-17(6-8-18)9-12-28-13-10-19(11-14-28)27-23(30)21-16-25(21,3)4/h5-8,19-21H,9-16H2,1-4H3,(H,26,29)(H,27,30). The number of nitrogens with one attached hydrogen (secondary N) is 2. The van der Waals surface area contributed by atoms with E-state index in [0.717, 1.165) is 57.4 Å². The maximum Gasteiger partial charge on any atom is 0.228 e. The van der Waals surface area contributed by atoms with Crippen LogP contribution in [0.1, 0.15) is 58.9 Å². The fourth-order valence-electron chi connectivity index (χ4n) is 4.70. The van der Waals surface area contributed by atoms with Gasteiger partial charge in [0.25, 0.3) is 0 Å². The zero-order chi connectivity index (χ0) is 21.5. The van der Waals surface area contributed by atoms with E-state index < -0.39 is 0 Å². The molecule has 0 bridgehead atoms. The molecule has 2 atom stereocenters. The van der Waals surface area contributed by atoms with Crippen LogP contribution in [0.3, 0.4) is 0 Å². The fourth-order valence-corrected chi connectivity index (χ4v) is 4.70. The summed E-state index contributed by atoms with van der Waals surface area (Å²) in [5, 5.41) is 6.32. The van der Waals surface area contributed by atoms with E-state index in [0.29, 0.717) is 6.04 Å². The normalized spacial score (nSPS) is 27.3. The summed E-state index contributed by atoms with van der Waals surface area (Å²) in [7, 11) is 0. The molecule has 2 unspecified atom stereocenters. The zero-order valence-electron chi connectivity index (χ0n) is 19.0. The molecule has 5 nitrogen and oxygen atoms in total. The highest BCUT2D eigenvalue weighted by molar-refractivity contribution is 5.94. The Kier molecular flexibility index (Phi) is 5.69. The summed E-state index contributed by atoms with van der Waals surface area (Å²) in [5.41, 5.74) is 2.56. The molecular formula is C25H37N3O2. The Bertz CT molecular complexity index is 791. The SMILES string of the molecule is CC1(C)CC1C(=O)Nc1ccc(CCN2CCC(NC(=O)C3CC3(C)C)CC2)cc1. The van der Waals surface area contributed by atoms with Crippen LogP contribution >= 0.6 is 0 Å². The van der Waals surface area contributed by atoms with Crippen molar-refractivity contribution in [2.24, 2.45) is 22.7 Å². The van der Waals surface area contributed by atoms with Crippen LogP contribution in [0.4, 0.5) is 5.69 Å². The van der Waals surface area contributed by atoms with Crippen LogP contribution in [0.2, 0.25) is 0 Å². The lowest BCUT2D eigenvalue weighted by molar-refractivity contribution is -0.124. The molecule has 1 aliphatic heterocycles. The third-order valence-electron chi connectivity index (χ3n) is 7.53. The number of carbonyl (C=O) groups excluding carboxylic acids is 2. The van der Waals surface area contributed by atoms with Gasteiger partial charge in [-0.2, -0.15) is 0 Å². The van der Waals surface area contributed by atoms with Crippen molar-refractivity contribution in [3.63, 3.8) is 0 Å². The van der Waals surface area contributed by atoms with Crippen molar-refractivity contribution in [3.8, 4) is 0 Å². The first-order valence-corrected chi connectivity index (χ1v) is 11.6. The summed E-state index contributed by atoms with van der Waals surface area (Å²) in [6.45, 7) is 11.8. The number of anilines is 1. The predicted molar refractivity (Wildman–Crippen MR) is 120 cm³/mol. The van der Waals surface area contributed by atoms with Gasteiger partial charge in [-0.3, -0.25) is 9.59 Å². The zero-order valence-corrected chi connectivity index (χ0v) is 19.0. The summed E-state index contributed by atoms with van der Waals surface area (Å²) in [6, 6.07) is 8.62. The van der Waals surface area contributed by atoms with Crippen molar-refractivity contribution >= 4 is 17.5 Å². The van der Waals surface area contributed by atoms with E-state index in [9.17, 15) is 9.59 Å². The molecule has 164 valence electrons. The summed E-state index contributed by atoms with van der Waals surface area (Å²) in [4.78, 5) is 27.0. The highest BCUT2D eigenvalue weighted by Gasteiger charge is 2.51. The molecule has 1 saturated heterocycles. The van der Waals surface area contributed by atoms with Crippen molar-refractivity contribution in [1.82, 2.24) is 10.2 Å². The van der Waals surface area contributed by atoms with Crippen molar-refractivity contribution in [3.05, 3.63) is 29.8 Å². The second kappa shape index (κ2) is 7.99. The average molecular weight is 412 g/mol. The largest absolute Gasteiger partial charge is 0.353 e. The molecule has 30 heavy (non-hydrogen) atoms. The fraction of sp³-hybridized carbons (Fsp3) is 0.680. The van der Waals surface area contributed by atoms with E-state index in [1.165, 1.54) is 5.56 Å². The summed E-state index contributed by atoms with van der Waals surface area (Å²) in [5.74, 6) is 0.781. The number of carbonyl (C=O) groups is 2. The average Bonchev–Trinajstić information content (AvgIpc) is 3.55. The first kappa shape index (κ1) is 21.4. The minimum atomic E-state index is 0.146. The Morgan fingerprint density at radius 2 is 1.47 bits per heavy atom. The molecule has 0 aromatic heterocycles. The summed E-state index contributed by atoms with van der Waals surface area (Å²) < 4.78 is 0. The van der Waals surface area contributed by atoms with Gasteiger partial charge in [0.15, 0.2) is 0 Å². The van der Waals surface area contributed by atoms with Crippen LogP contribution in [0, 0.1) is 22.7 Å². The van der Waals surface area contributed by atoms with Crippen molar-refractivity contribution in [1.29, 1.82) is 0 Å². The number of nitrogens with zero attached hydrogens (tertiary/aromatic N) is 1. The summed E-state index contributed by atoms with van der Waals surface area (Å²) >= 11 is 0. The predicted octanol–water partition coefficient (Wildman–Crippen LogP) is 3.84. The van der Waals surface area contributed by atoms with Crippen LogP contribution in [-0.4, -0.2) is 42.4 Å².